The van der Waals surface area contributed by atoms with Crippen LogP contribution < -0.4 is 10.0 Å². The molecule has 1 heterocycles. The summed E-state index contributed by atoms with van der Waals surface area (Å²) in [7, 11) is 0. The molecule has 0 radical (unpaired) electrons. The third-order valence-corrected chi connectivity index (χ3v) is 3.59. The Bertz CT molecular complexity index is 485. The summed E-state index contributed by atoms with van der Waals surface area (Å²) in [5.74, 6) is -1.15. The number of nitrogens with zero attached hydrogens (tertiary/aromatic N) is 1. The number of hydrogen-bond acceptors (Lipinski definition) is 3. The molecule has 1 saturated heterocycles. The summed E-state index contributed by atoms with van der Waals surface area (Å²) in [6.45, 7) is 2.29. The highest BCUT2D eigenvalue weighted by molar-refractivity contribution is 6.33. The Balaban J connectivity index is 1.96. The van der Waals surface area contributed by atoms with Gasteiger partial charge in [0.2, 0.25) is 0 Å². The van der Waals surface area contributed by atoms with Crippen LogP contribution in [0.4, 0.5) is 0 Å². The predicted molar refractivity (Wildman–Crippen MR) is 67.9 cm³/mol. The standard InChI is InChI=1S/C13H15ClN2O3/c14-11-4-2-1-3-10(11)13(19)16-7-5-15(6-8-16)9-12(17)18/h1-4H,5-9H2,(H,17,18). The molecule has 0 aromatic heterocycles. The minimum Gasteiger partial charge on any atom is -0.544 e. The number of rotatable bonds is 3. The van der Waals surface area contributed by atoms with E-state index in [0.29, 0.717) is 36.8 Å². The molecule has 0 saturated carbocycles. The van der Waals surface area contributed by atoms with Gasteiger partial charge in [-0.1, -0.05) is 23.7 Å². The van der Waals surface area contributed by atoms with Crippen molar-refractivity contribution in [2.75, 3.05) is 32.7 Å². The van der Waals surface area contributed by atoms with E-state index in [4.69, 9.17) is 11.6 Å². The van der Waals surface area contributed by atoms with Crippen molar-refractivity contribution in [2.45, 2.75) is 0 Å². The zero-order chi connectivity index (χ0) is 13.8. The number of amides is 1. The molecule has 1 N–H and O–H groups in total. The summed E-state index contributed by atoms with van der Waals surface area (Å²) in [6, 6.07) is 6.94. The Morgan fingerprint density at radius 1 is 1.26 bits per heavy atom. The molecule has 0 unspecified atom stereocenters. The fraction of sp³-hybridized carbons (Fsp3) is 0.385. The lowest BCUT2D eigenvalue weighted by molar-refractivity contribution is -0.898. The van der Waals surface area contributed by atoms with Crippen LogP contribution in [0.5, 0.6) is 0 Å². The van der Waals surface area contributed by atoms with Gasteiger partial charge in [-0.2, -0.15) is 0 Å². The summed E-state index contributed by atoms with van der Waals surface area (Å²) < 4.78 is 0. The summed E-state index contributed by atoms with van der Waals surface area (Å²) in [5, 5.41) is 11.0. The molecule has 1 aromatic rings. The largest absolute Gasteiger partial charge is 0.544 e. The topological polar surface area (TPSA) is 64.9 Å². The summed E-state index contributed by atoms with van der Waals surface area (Å²) in [6.07, 6.45) is 0. The van der Waals surface area contributed by atoms with Crippen molar-refractivity contribution in [3.05, 3.63) is 34.9 Å². The number of aliphatic carboxylic acids is 1. The Morgan fingerprint density at radius 3 is 2.47 bits per heavy atom. The van der Waals surface area contributed by atoms with Gasteiger partial charge in [-0.25, -0.2) is 0 Å². The fourth-order valence-corrected chi connectivity index (χ4v) is 2.43. The highest BCUT2D eigenvalue weighted by atomic mass is 35.5. The highest BCUT2D eigenvalue weighted by Gasteiger charge is 2.25. The molecule has 1 aliphatic heterocycles. The van der Waals surface area contributed by atoms with Crippen LogP contribution in [0.15, 0.2) is 24.3 Å². The first-order valence-corrected chi connectivity index (χ1v) is 6.53. The minimum absolute atomic E-state index is 0.00583. The van der Waals surface area contributed by atoms with E-state index in [2.05, 4.69) is 0 Å². The number of carboxylic acids is 1. The quantitative estimate of drug-likeness (QED) is 0.729. The second-order valence-electron chi connectivity index (χ2n) is 4.57. The minimum atomic E-state index is -1.05. The fourth-order valence-electron chi connectivity index (χ4n) is 2.21. The van der Waals surface area contributed by atoms with Crippen molar-refractivity contribution >= 4 is 23.5 Å². The maximum absolute atomic E-state index is 12.3. The number of quaternary nitrogens is 1. The van der Waals surface area contributed by atoms with Gasteiger partial charge in [-0.05, 0) is 12.1 Å². The number of nitrogens with one attached hydrogen (secondary N) is 1. The van der Waals surface area contributed by atoms with Crippen molar-refractivity contribution in [2.24, 2.45) is 0 Å². The predicted octanol–water partition coefficient (Wildman–Crippen LogP) is -1.57. The molecule has 1 aromatic carbocycles. The van der Waals surface area contributed by atoms with Crippen molar-refractivity contribution in [1.82, 2.24) is 4.90 Å². The molecule has 2 rings (SSSR count). The molecular weight excluding hydrogens is 268 g/mol. The highest BCUT2D eigenvalue weighted by Crippen LogP contribution is 2.16. The zero-order valence-electron chi connectivity index (χ0n) is 10.4. The van der Waals surface area contributed by atoms with Gasteiger partial charge in [-0.15, -0.1) is 0 Å². The number of carboxylic acid groups (broad SMARTS) is 1. The van der Waals surface area contributed by atoms with Gasteiger partial charge >= 0.3 is 0 Å². The van der Waals surface area contributed by atoms with E-state index in [9.17, 15) is 14.7 Å². The lowest BCUT2D eigenvalue weighted by Crippen LogP contribution is -3.16. The molecule has 1 fully saturated rings. The van der Waals surface area contributed by atoms with Gasteiger partial charge in [0.05, 0.1) is 42.7 Å². The summed E-state index contributed by atoms with van der Waals surface area (Å²) in [5.41, 5.74) is 0.493. The third kappa shape index (κ3) is 3.45. The number of carbonyl (C=O) groups is 2. The molecular formula is C13H15ClN2O3. The second kappa shape index (κ2) is 6.04. The van der Waals surface area contributed by atoms with E-state index in [1.807, 2.05) is 0 Å². The average Bonchev–Trinajstić information content (AvgIpc) is 2.39. The monoisotopic (exact) mass is 282 g/mol. The molecule has 19 heavy (non-hydrogen) atoms. The van der Waals surface area contributed by atoms with Gasteiger partial charge in [0.15, 0.2) is 0 Å². The lowest BCUT2D eigenvalue weighted by Gasteiger charge is -2.32. The van der Waals surface area contributed by atoms with E-state index in [0.717, 1.165) is 4.90 Å². The van der Waals surface area contributed by atoms with Gasteiger partial charge in [-0.3, -0.25) is 4.79 Å². The normalized spacial score (nSPS) is 16.4. The van der Waals surface area contributed by atoms with Crippen LogP contribution >= 0.6 is 11.6 Å². The smallest absolute Gasteiger partial charge is 0.255 e. The van der Waals surface area contributed by atoms with E-state index in [1.54, 1.807) is 29.2 Å². The molecule has 0 atom stereocenters. The number of piperazine rings is 1. The number of halogens is 1. The molecule has 1 amide bonds. The molecule has 5 nitrogen and oxygen atoms in total. The SMILES string of the molecule is O=C([O-])C[NH+]1CCN(C(=O)c2ccccc2Cl)CC1. The first kappa shape index (κ1) is 13.8. The number of hydrogen-bond donors (Lipinski definition) is 1. The van der Waals surface area contributed by atoms with Crippen molar-refractivity contribution in [3.8, 4) is 0 Å². The van der Waals surface area contributed by atoms with Crippen LogP contribution in [0.2, 0.25) is 5.02 Å². The van der Waals surface area contributed by atoms with Crippen LogP contribution in [0, 0.1) is 0 Å². The van der Waals surface area contributed by atoms with Gasteiger partial charge in [0.1, 0.15) is 6.54 Å². The second-order valence-corrected chi connectivity index (χ2v) is 4.98. The van der Waals surface area contributed by atoms with E-state index >= 15 is 0 Å². The summed E-state index contributed by atoms with van der Waals surface area (Å²) >= 11 is 6.00. The van der Waals surface area contributed by atoms with E-state index < -0.39 is 5.97 Å². The molecule has 0 aliphatic carbocycles. The number of carbonyl (C=O) groups excluding carboxylic acids is 2. The van der Waals surface area contributed by atoms with Gasteiger partial charge < -0.3 is 19.7 Å². The van der Waals surface area contributed by atoms with Gasteiger partial charge in [0.25, 0.3) is 5.91 Å². The number of benzene rings is 1. The maximum atomic E-state index is 12.3. The lowest BCUT2D eigenvalue weighted by atomic mass is 10.2. The Kier molecular flexibility index (Phi) is 4.39. The maximum Gasteiger partial charge on any atom is 0.255 e. The first-order chi connectivity index (χ1) is 9.08. The van der Waals surface area contributed by atoms with Crippen LogP contribution in [-0.2, 0) is 4.79 Å². The van der Waals surface area contributed by atoms with Crippen LogP contribution in [0.1, 0.15) is 10.4 Å². The molecule has 0 spiro atoms. The van der Waals surface area contributed by atoms with Crippen molar-refractivity contribution < 1.29 is 19.6 Å². The van der Waals surface area contributed by atoms with Gasteiger partial charge in [0, 0.05) is 0 Å². The van der Waals surface area contributed by atoms with E-state index in [-0.39, 0.29) is 12.5 Å². The van der Waals surface area contributed by atoms with Crippen LogP contribution in [0.3, 0.4) is 0 Å². The first-order valence-electron chi connectivity index (χ1n) is 6.15. The third-order valence-electron chi connectivity index (χ3n) is 3.26. The molecule has 0 bridgehead atoms. The molecule has 102 valence electrons. The Hall–Kier alpha value is -1.59. The van der Waals surface area contributed by atoms with Crippen molar-refractivity contribution in [3.63, 3.8) is 0 Å². The molecule has 6 heteroatoms. The summed E-state index contributed by atoms with van der Waals surface area (Å²) in [4.78, 5) is 25.4. The van der Waals surface area contributed by atoms with Crippen LogP contribution in [-0.4, -0.2) is 49.5 Å². The van der Waals surface area contributed by atoms with Crippen LogP contribution in [0.25, 0.3) is 0 Å². The Labute approximate surface area is 116 Å². The van der Waals surface area contributed by atoms with E-state index in [1.165, 1.54) is 0 Å². The molecule has 1 aliphatic rings. The Morgan fingerprint density at radius 2 is 1.89 bits per heavy atom. The average molecular weight is 283 g/mol. The van der Waals surface area contributed by atoms with Crippen molar-refractivity contribution in [1.29, 1.82) is 0 Å². The zero-order valence-corrected chi connectivity index (χ0v) is 11.2.